The first-order valence-electron chi connectivity index (χ1n) is 6.46. The molecule has 0 unspecified atom stereocenters. The summed E-state index contributed by atoms with van der Waals surface area (Å²) < 4.78 is 0. The first-order valence-corrected chi connectivity index (χ1v) is 6.84. The number of nitrogens with two attached hydrogens (primary N) is 1. The van der Waals surface area contributed by atoms with Crippen LogP contribution in [0, 0.1) is 18.8 Å². The molecule has 2 rings (SSSR count). The maximum Gasteiger partial charge on any atom is 0.257 e. The van der Waals surface area contributed by atoms with Gasteiger partial charge in [-0.2, -0.15) is 0 Å². The van der Waals surface area contributed by atoms with E-state index in [1.54, 1.807) is 24.3 Å². The lowest BCUT2D eigenvalue weighted by Crippen LogP contribution is -2.12. The molecule has 0 atom stereocenters. The summed E-state index contributed by atoms with van der Waals surface area (Å²) in [6, 6.07) is 12.6. The molecule has 0 heterocycles. The van der Waals surface area contributed by atoms with Crippen LogP contribution in [-0.2, 0) is 0 Å². The van der Waals surface area contributed by atoms with E-state index >= 15 is 0 Å². The highest BCUT2D eigenvalue weighted by Gasteiger charge is 2.10. The topological polar surface area (TPSA) is 55.1 Å². The van der Waals surface area contributed by atoms with E-state index < -0.39 is 0 Å². The van der Waals surface area contributed by atoms with Crippen LogP contribution in [0.5, 0.6) is 0 Å². The molecule has 2 aromatic carbocycles. The zero-order valence-electron chi connectivity index (χ0n) is 11.6. The summed E-state index contributed by atoms with van der Waals surface area (Å²) in [4.78, 5) is 12.2. The molecule has 21 heavy (non-hydrogen) atoms. The lowest BCUT2D eigenvalue weighted by molar-refractivity contribution is 0.102. The SMILES string of the molecule is Cc1ccc(C(=O)Nc2ccc(C#CCN)cc2)c(Cl)c1. The summed E-state index contributed by atoms with van der Waals surface area (Å²) in [7, 11) is 0. The summed E-state index contributed by atoms with van der Waals surface area (Å²) in [6.07, 6.45) is 0. The Morgan fingerprint density at radius 1 is 1.24 bits per heavy atom. The number of carbonyl (C=O) groups is 1. The van der Waals surface area contributed by atoms with Crippen LogP contribution in [0.25, 0.3) is 0 Å². The predicted molar refractivity (Wildman–Crippen MR) is 86.5 cm³/mol. The Morgan fingerprint density at radius 2 is 1.95 bits per heavy atom. The van der Waals surface area contributed by atoms with Crippen molar-refractivity contribution in [3.05, 3.63) is 64.2 Å². The van der Waals surface area contributed by atoms with Gasteiger partial charge in [0.05, 0.1) is 17.1 Å². The molecule has 0 spiro atoms. The van der Waals surface area contributed by atoms with Crippen molar-refractivity contribution in [3.63, 3.8) is 0 Å². The Morgan fingerprint density at radius 3 is 2.57 bits per heavy atom. The molecule has 0 aromatic heterocycles. The minimum Gasteiger partial charge on any atom is -0.322 e. The van der Waals surface area contributed by atoms with Gasteiger partial charge in [-0.25, -0.2) is 0 Å². The molecular weight excluding hydrogens is 284 g/mol. The van der Waals surface area contributed by atoms with Gasteiger partial charge in [0.25, 0.3) is 5.91 Å². The van der Waals surface area contributed by atoms with Crippen LogP contribution >= 0.6 is 11.6 Å². The van der Waals surface area contributed by atoms with Gasteiger partial charge in [0.1, 0.15) is 0 Å². The summed E-state index contributed by atoms with van der Waals surface area (Å²) >= 11 is 6.08. The first-order chi connectivity index (χ1) is 10.1. The van der Waals surface area contributed by atoms with Crippen LogP contribution in [0.4, 0.5) is 5.69 Å². The van der Waals surface area contributed by atoms with Crippen molar-refractivity contribution in [1.82, 2.24) is 0 Å². The summed E-state index contributed by atoms with van der Waals surface area (Å²) in [5.41, 5.74) is 8.33. The molecule has 106 valence electrons. The molecule has 4 heteroatoms. The Kier molecular flexibility index (Phi) is 4.99. The van der Waals surface area contributed by atoms with E-state index in [2.05, 4.69) is 17.2 Å². The van der Waals surface area contributed by atoms with Gasteiger partial charge in [0, 0.05) is 11.3 Å². The number of hydrogen-bond acceptors (Lipinski definition) is 2. The number of amides is 1. The second-order valence-electron chi connectivity index (χ2n) is 4.52. The van der Waals surface area contributed by atoms with Crippen LogP contribution < -0.4 is 11.1 Å². The van der Waals surface area contributed by atoms with Crippen molar-refractivity contribution in [2.24, 2.45) is 5.73 Å². The van der Waals surface area contributed by atoms with E-state index in [1.807, 2.05) is 25.1 Å². The Labute approximate surface area is 129 Å². The van der Waals surface area contributed by atoms with E-state index in [9.17, 15) is 4.79 Å². The quantitative estimate of drug-likeness (QED) is 0.837. The lowest BCUT2D eigenvalue weighted by Gasteiger charge is -2.07. The van der Waals surface area contributed by atoms with Crippen LogP contribution in [0.1, 0.15) is 21.5 Å². The molecule has 3 nitrogen and oxygen atoms in total. The van der Waals surface area contributed by atoms with Gasteiger partial charge in [0.2, 0.25) is 0 Å². The normalized spacial score (nSPS) is 9.67. The van der Waals surface area contributed by atoms with Crippen LogP contribution in [0.3, 0.4) is 0 Å². The molecule has 3 N–H and O–H groups in total. The van der Waals surface area contributed by atoms with Crippen LogP contribution in [-0.4, -0.2) is 12.5 Å². The highest BCUT2D eigenvalue weighted by atomic mass is 35.5. The molecule has 0 bridgehead atoms. The standard InChI is InChI=1S/C17H15ClN2O/c1-12-4-9-15(16(18)11-12)17(21)20-14-7-5-13(6-8-14)3-2-10-19/h4-9,11H,10,19H2,1H3,(H,20,21). The number of carbonyl (C=O) groups excluding carboxylic acids is 1. The Balaban J connectivity index is 2.12. The Bertz CT molecular complexity index is 712. The number of hydrogen-bond donors (Lipinski definition) is 2. The number of aryl methyl sites for hydroxylation is 1. The molecular formula is C17H15ClN2O. The zero-order valence-corrected chi connectivity index (χ0v) is 12.4. The predicted octanol–water partition coefficient (Wildman–Crippen LogP) is 3.21. The van der Waals surface area contributed by atoms with Gasteiger partial charge >= 0.3 is 0 Å². The van der Waals surface area contributed by atoms with E-state index in [-0.39, 0.29) is 5.91 Å². The highest BCUT2D eigenvalue weighted by Crippen LogP contribution is 2.19. The van der Waals surface area contributed by atoms with E-state index in [0.717, 1.165) is 11.1 Å². The fraction of sp³-hybridized carbons (Fsp3) is 0.118. The van der Waals surface area contributed by atoms with E-state index in [0.29, 0.717) is 22.8 Å². The number of halogens is 1. The smallest absolute Gasteiger partial charge is 0.257 e. The number of anilines is 1. The van der Waals surface area contributed by atoms with E-state index in [4.69, 9.17) is 17.3 Å². The molecule has 0 saturated heterocycles. The first kappa shape index (κ1) is 15.1. The average molecular weight is 299 g/mol. The van der Waals surface area contributed by atoms with Crippen LogP contribution in [0.2, 0.25) is 5.02 Å². The van der Waals surface area contributed by atoms with Gasteiger partial charge in [-0.15, -0.1) is 0 Å². The third kappa shape index (κ3) is 4.09. The molecule has 0 aliphatic heterocycles. The molecule has 2 aromatic rings. The molecule has 0 fully saturated rings. The van der Waals surface area contributed by atoms with Crippen molar-refractivity contribution >= 4 is 23.2 Å². The van der Waals surface area contributed by atoms with Gasteiger partial charge in [-0.1, -0.05) is 29.5 Å². The minimum absolute atomic E-state index is 0.235. The molecule has 0 aliphatic carbocycles. The maximum atomic E-state index is 12.2. The van der Waals surface area contributed by atoms with Gasteiger partial charge in [-0.05, 0) is 48.9 Å². The molecule has 0 saturated carbocycles. The monoisotopic (exact) mass is 298 g/mol. The Hall–Kier alpha value is -2.28. The van der Waals surface area contributed by atoms with Gasteiger partial charge in [-0.3, -0.25) is 4.79 Å². The van der Waals surface area contributed by atoms with Crippen molar-refractivity contribution in [2.45, 2.75) is 6.92 Å². The lowest BCUT2D eigenvalue weighted by atomic mass is 10.1. The molecule has 1 amide bonds. The van der Waals surface area contributed by atoms with Gasteiger partial charge < -0.3 is 11.1 Å². The number of nitrogens with one attached hydrogen (secondary N) is 1. The fourth-order valence-electron chi connectivity index (χ4n) is 1.79. The van der Waals surface area contributed by atoms with Crippen molar-refractivity contribution in [1.29, 1.82) is 0 Å². The maximum absolute atomic E-state index is 12.2. The second-order valence-corrected chi connectivity index (χ2v) is 4.93. The largest absolute Gasteiger partial charge is 0.322 e. The van der Waals surface area contributed by atoms with Crippen molar-refractivity contribution < 1.29 is 4.79 Å². The van der Waals surface area contributed by atoms with E-state index in [1.165, 1.54) is 0 Å². The number of rotatable bonds is 2. The van der Waals surface area contributed by atoms with Crippen LogP contribution in [0.15, 0.2) is 42.5 Å². The van der Waals surface area contributed by atoms with Gasteiger partial charge in [0.15, 0.2) is 0 Å². The average Bonchev–Trinajstić information content (AvgIpc) is 2.46. The van der Waals surface area contributed by atoms with Crippen molar-refractivity contribution in [2.75, 3.05) is 11.9 Å². The molecule has 0 aliphatic rings. The van der Waals surface area contributed by atoms with Crippen molar-refractivity contribution in [3.8, 4) is 11.8 Å². The third-order valence-electron chi connectivity index (χ3n) is 2.85. The third-order valence-corrected chi connectivity index (χ3v) is 3.16. The fourth-order valence-corrected chi connectivity index (χ4v) is 2.11. The highest BCUT2D eigenvalue weighted by molar-refractivity contribution is 6.34. The minimum atomic E-state index is -0.235. The molecule has 0 radical (unpaired) electrons. The zero-order chi connectivity index (χ0) is 15.2. The number of benzene rings is 2. The summed E-state index contributed by atoms with van der Waals surface area (Å²) in [5.74, 6) is 5.46. The summed E-state index contributed by atoms with van der Waals surface area (Å²) in [5, 5.41) is 3.25. The summed E-state index contributed by atoms with van der Waals surface area (Å²) in [6.45, 7) is 2.25. The second kappa shape index (κ2) is 6.94.